The number of furan rings is 1. The summed E-state index contributed by atoms with van der Waals surface area (Å²) >= 11 is 0. The summed E-state index contributed by atoms with van der Waals surface area (Å²) in [6.07, 6.45) is 11.7. The lowest BCUT2D eigenvalue weighted by Gasteiger charge is -2.31. The monoisotopic (exact) mass is 651 g/mol. The lowest BCUT2D eigenvalue weighted by atomic mass is 9.72. The summed E-state index contributed by atoms with van der Waals surface area (Å²) < 4.78 is 8.84. The fourth-order valence-electron chi connectivity index (χ4n) is 10.1. The van der Waals surface area contributed by atoms with E-state index in [1.807, 2.05) is 0 Å². The summed E-state index contributed by atoms with van der Waals surface area (Å²) in [6.45, 7) is 4.75. The van der Waals surface area contributed by atoms with Crippen LogP contribution in [0.15, 0.2) is 156 Å². The van der Waals surface area contributed by atoms with Crippen LogP contribution in [0.2, 0.25) is 0 Å². The van der Waals surface area contributed by atoms with Crippen molar-refractivity contribution in [3.05, 3.63) is 180 Å². The molecule has 0 bridgehead atoms. The molecule has 51 heavy (non-hydrogen) atoms. The summed E-state index contributed by atoms with van der Waals surface area (Å²) in [5.41, 5.74) is 19.1. The minimum Gasteiger partial charge on any atom is -0.456 e. The van der Waals surface area contributed by atoms with Gasteiger partial charge in [0.1, 0.15) is 11.2 Å². The smallest absolute Gasteiger partial charge is 0.136 e. The van der Waals surface area contributed by atoms with Crippen LogP contribution in [0.3, 0.4) is 0 Å². The van der Waals surface area contributed by atoms with E-state index in [-0.39, 0.29) is 5.41 Å². The number of para-hydroxylation sites is 2. The van der Waals surface area contributed by atoms with Gasteiger partial charge in [0.2, 0.25) is 0 Å². The lowest BCUT2D eigenvalue weighted by molar-refractivity contribution is 0.657. The van der Waals surface area contributed by atoms with E-state index in [0.717, 1.165) is 11.2 Å². The van der Waals surface area contributed by atoms with Gasteiger partial charge in [0.15, 0.2) is 0 Å². The van der Waals surface area contributed by atoms with Gasteiger partial charge in [-0.1, -0.05) is 123 Å². The van der Waals surface area contributed by atoms with Gasteiger partial charge in [0, 0.05) is 44.5 Å². The van der Waals surface area contributed by atoms with Crippen LogP contribution in [0.1, 0.15) is 41.7 Å². The van der Waals surface area contributed by atoms with E-state index in [2.05, 4.69) is 170 Å². The minimum atomic E-state index is -0.156. The molecule has 2 heteroatoms. The van der Waals surface area contributed by atoms with Gasteiger partial charge in [-0.3, -0.25) is 0 Å². The van der Waals surface area contributed by atoms with Crippen LogP contribution in [0.4, 0.5) is 0 Å². The Morgan fingerprint density at radius 2 is 1.29 bits per heavy atom. The third-order valence-corrected chi connectivity index (χ3v) is 12.4. The quantitative estimate of drug-likeness (QED) is 0.182. The average molecular weight is 652 g/mol. The third-order valence-electron chi connectivity index (χ3n) is 12.4. The van der Waals surface area contributed by atoms with Crippen molar-refractivity contribution in [2.75, 3.05) is 0 Å². The highest BCUT2D eigenvalue weighted by Crippen LogP contribution is 2.57. The van der Waals surface area contributed by atoms with E-state index >= 15 is 0 Å². The Hall–Kier alpha value is -6.12. The van der Waals surface area contributed by atoms with Crippen molar-refractivity contribution < 1.29 is 4.42 Å². The lowest BCUT2D eigenvalue weighted by Crippen LogP contribution is -2.18. The maximum absolute atomic E-state index is 6.37. The molecule has 2 nitrogen and oxygen atoms in total. The molecular formula is C49H33NO. The standard InChI is InChI=1S/C49H33NO/c1-49(2)40-24-25-45-48(37-13-6-8-17-44(37)51-45)47(40)39-26-38-33-12-5-7-16-42(33)50(43(38)27-41(39)49)29-20-18-28(19-21-29)30-22-23-36-32-11-4-3-10-31(32)35-15-9-14-34(30)46(35)36/h3-27,34,46H,1-2H3. The Kier molecular flexibility index (Phi) is 5.19. The van der Waals surface area contributed by atoms with E-state index in [1.54, 1.807) is 0 Å². The van der Waals surface area contributed by atoms with Gasteiger partial charge in [0.25, 0.3) is 0 Å². The van der Waals surface area contributed by atoms with E-state index in [0.29, 0.717) is 11.8 Å². The molecule has 0 saturated heterocycles. The Balaban J connectivity index is 1.02. The Morgan fingerprint density at radius 1 is 0.569 bits per heavy atom. The predicted molar refractivity (Wildman–Crippen MR) is 212 cm³/mol. The average Bonchev–Trinajstić information content (AvgIpc) is 3.88. The van der Waals surface area contributed by atoms with Crippen LogP contribution in [0.25, 0.3) is 77.3 Å². The van der Waals surface area contributed by atoms with Crippen molar-refractivity contribution in [2.45, 2.75) is 19.3 Å². The molecule has 0 amide bonds. The summed E-state index contributed by atoms with van der Waals surface area (Å²) in [4.78, 5) is 0. The van der Waals surface area contributed by atoms with Gasteiger partial charge in [-0.05, 0) is 98.1 Å². The first-order valence-corrected chi connectivity index (χ1v) is 18.1. The van der Waals surface area contributed by atoms with Crippen molar-refractivity contribution in [2.24, 2.45) is 11.8 Å². The van der Waals surface area contributed by atoms with Crippen LogP contribution >= 0.6 is 0 Å². The molecular weight excluding hydrogens is 619 g/mol. The second-order valence-corrected chi connectivity index (χ2v) is 15.2. The van der Waals surface area contributed by atoms with Crippen LogP contribution in [0.5, 0.6) is 0 Å². The Labute approximate surface area is 296 Å². The van der Waals surface area contributed by atoms with Gasteiger partial charge in [-0.2, -0.15) is 0 Å². The summed E-state index contributed by atoms with van der Waals surface area (Å²) in [6, 6.07) is 44.9. The second kappa shape index (κ2) is 9.56. The number of fused-ring (bicyclic) bond motifs is 13. The predicted octanol–water partition coefficient (Wildman–Crippen LogP) is 12.7. The summed E-state index contributed by atoms with van der Waals surface area (Å²) in [7, 11) is 0. The molecule has 0 N–H and O–H groups in total. The molecule has 2 aromatic heterocycles. The molecule has 2 heterocycles. The van der Waals surface area contributed by atoms with Crippen molar-refractivity contribution in [1.29, 1.82) is 0 Å². The molecule has 0 radical (unpaired) electrons. The largest absolute Gasteiger partial charge is 0.456 e. The van der Waals surface area contributed by atoms with Crippen molar-refractivity contribution in [3.8, 4) is 16.8 Å². The topological polar surface area (TPSA) is 18.1 Å². The molecule has 2 atom stereocenters. The van der Waals surface area contributed by atoms with Gasteiger partial charge < -0.3 is 8.98 Å². The van der Waals surface area contributed by atoms with E-state index < -0.39 is 0 Å². The summed E-state index contributed by atoms with van der Waals surface area (Å²) in [5.74, 6) is 0.724. The number of aromatic nitrogens is 1. The zero-order valence-electron chi connectivity index (χ0n) is 28.4. The molecule has 0 saturated carbocycles. The molecule has 4 aliphatic rings. The number of allylic oxidation sites excluding steroid dienone is 8. The third kappa shape index (κ3) is 3.47. The normalized spacial score (nSPS) is 19.2. The van der Waals surface area contributed by atoms with Crippen molar-refractivity contribution in [1.82, 2.24) is 4.57 Å². The maximum atomic E-state index is 6.37. The van der Waals surface area contributed by atoms with Crippen LogP contribution in [0, 0.1) is 11.8 Å². The van der Waals surface area contributed by atoms with Crippen LogP contribution < -0.4 is 0 Å². The highest BCUT2D eigenvalue weighted by Gasteiger charge is 2.41. The number of hydrogen-bond donors (Lipinski definition) is 0. The maximum Gasteiger partial charge on any atom is 0.136 e. The number of benzene rings is 6. The first-order chi connectivity index (χ1) is 25.1. The van der Waals surface area contributed by atoms with Gasteiger partial charge in [-0.25, -0.2) is 0 Å². The van der Waals surface area contributed by atoms with E-state index in [1.165, 1.54) is 93.9 Å². The molecule has 8 aromatic rings. The highest BCUT2D eigenvalue weighted by atomic mass is 16.3. The number of nitrogens with zero attached hydrogens (tertiary/aromatic N) is 1. The van der Waals surface area contributed by atoms with Gasteiger partial charge >= 0.3 is 0 Å². The molecule has 0 fully saturated rings. The molecule has 0 aliphatic heterocycles. The molecule has 6 aromatic carbocycles. The van der Waals surface area contributed by atoms with E-state index in [9.17, 15) is 0 Å². The SMILES string of the molecule is CC1(C)c2cc3c(cc2-c2c1ccc1oc4ccccc4c21)c1ccccc1n3-c1ccc(C2=CC=C3c4ccccc4C4=CC=CC2C43)cc1. The molecule has 4 aliphatic carbocycles. The van der Waals surface area contributed by atoms with Crippen LogP contribution in [-0.2, 0) is 5.41 Å². The number of hydrogen-bond acceptors (Lipinski definition) is 1. The highest BCUT2D eigenvalue weighted by molar-refractivity contribution is 6.18. The fourth-order valence-corrected chi connectivity index (χ4v) is 10.1. The van der Waals surface area contributed by atoms with Crippen LogP contribution in [-0.4, -0.2) is 4.57 Å². The Bertz CT molecular complexity index is 2990. The zero-order chi connectivity index (χ0) is 33.6. The molecule has 0 spiro atoms. The molecule has 240 valence electrons. The molecule has 2 unspecified atom stereocenters. The van der Waals surface area contributed by atoms with E-state index in [4.69, 9.17) is 4.42 Å². The van der Waals surface area contributed by atoms with Gasteiger partial charge in [-0.15, -0.1) is 0 Å². The summed E-state index contributed by atoms with van der Waals surface area (Å²) in [5, 5.41) is 4.96. The Morgan fingerprint density at radius 3 is 2.14 bits per heavy atom. The molecule has 12 rings (SSSR count). The number of rotatable bonds is 2. The zero-order valence-corrected chi connectivity index (χ0v) is 28.4. The minimum absolute atomic E-state index is 0.156. The van der Waals surface area contributed by atoms with Crippen molar-refractivity contribution in [3.63, 3.8) is 0 Å². The fraction of sp³-hybridized carbons (Fsp3) is 0.102. The van der Waals surface area contributed by atoms with Crippen molar-refractivity contribution >= 4 is 60.5 Å². The first kappa shape index (κ1) is 27.7. The second-order valence-electron chi connectivity index (χ2n) is 15.2. The van der Waals surface area contributed by atoms with Gasteiger partial charge in [0.05, 0.1) is 11.0 Å². The first-order valence-electron chi connectivity index (χ1n) is 18.1.